The van der Waals surface area contributed by atoms with E-state index >= 15 is 0 Å². The van der Waals surface area contributed by atoms with Gasteiger partial charge in [-0.25, -0.2) is 9.59 Å². The quantitative estimate of drug-likeness (QED) is 0.673. The van der Waals surface area contributed by atoms with Crippen LogP contribution in [0.2, 0.25) is 0 Å². The summed E-state index contributed by atoms with van der Waals surface area (Å²) in [6.45, 7) is -0.131. The monoisotopic (exact) mass is 234 g/mol. The van der Waals surface area contributed by atoms with Crippen molar-refractivity contribution in [3.63, 3.8) is 0 Å². The Morgan fingerprint density at radius 3 is 2.41 bits per heavy atom. The van der Waals surface area contributed by atoms with Gasteiger partial charge in [-0.15, -0.1) is 0 Å². The average molecular weight is 234 g/mol. The molecule has 0 aliphatic rings. The van der Waals surface area contributed by atoms with E-state index in [1.165, 1.54) is 18.2 Å². The molecule has 1 aromatic carbocycles. The summed E-state index contributed by atoms with van der Waals surface area (Å²) in [5.41, 5.74) is 0.0505. The summed E-state index contributed by atoms with van der Waals surface area (Å²) < 4.78 is 0. The van der Waals surface area contributed by atoms with Crippen LogP contribution in [-0.4, -0.2) is 33.9 Å². The molecule has 0 saturated heterocycles. The summed E-state index contributed by atoms with van der Waals surface area (Å²) in [5, 5.41) is 26.2. The average Bonchev–Trinajstić information content (AvgIpc) is 2.28. The maximum atomic E-state index is 10.9. The second-order valence-corrected chi connectivity index (χ2v) is 3.15. The lowest BCUT2D eigenvalue weighted by Gasteiger charge is -2.00. The van der Waals surface area contributed by atoms with E-state index in [0.29, 0.717) is 0 Å². The third kappa shape index (κ3) is 3.33. The van der Waals surface area contributed by atoms with E-state index in [0.717, 1.165) is 0 Å². The summed E-state index contributed by atoms with van der Waals surface area (Å²) in [5.74, 6) is 2.78. The van der Waals surface area contributed by atoms with Crippen LogP contribution in [0, 0.1) is 11.8 Å². The minimum absolute atomic E-state index is 0.0247. The van der Waals surface area contributed by atoms with Crippen LogP contribution in [-0.2, 0) is 0 Å². The summed E-state index contributed by atoms with van der Waals surface area (Å²) >= 11 is 0. The van der Waals surface area contributed by atoms with Gasteiger partial charge in [0.15, 0.2) is 0 Å². The van der Waals surface area contributed by atoms with Gasteiger partial charge in [-0.3, -0.25) is 0 Å². The first kappa shape index (κ1) is 12.7. The molecule has 0 heterocycles. The van der Waals surface area contributed by atoms with E-state index in [4.69, 9.17) is 15.3 Å². The number of carbonyl (C=O) groups is 2. The standard InChI is InChI=1S/C12H10O5/c13-6-2-1-3-8-7-9(11(14)15)4-5-10(8)12(16)17/h4-5,7,13H,2,6H2,(H,14,15)(H,16,17). The first-order valence-electron chi connectivity index (χ1n) is 4.76. The molecule has 0 unspecified atom stereocenters. The minimum atomic E-state index is -1.17. The van der Waals surface area contributed by atoms with Crippen LogP contribution in [0.4, 0.5) is 0 Å². The van der Waals surface area contributed by atoms with Crippen molar-refractivity contribution in [2.24, 2.45) is 0 Å². The van der Waals surface area contributed by atoms with Gasteiger partial charge in [-0.05, 0) is 18.2 Å². The van der Waals surface area contributed by atoms with Crippen LogP contribution in [0.25, 0.3) is 0 Å². The molecule has 1 aromatic rings. The number of benzene rings is 1. The number of carboxylic acid groups (broad SMARTS) is 2. The Labute approximate surface area is 97.3 Å². The van der Waals surface area contributed by atoms with Crippen LogP contribution >= 0.6 is 0 Å². The highest BCUT2D eigenvalue weighted by molar-refractivity contribution is 5.94. The number of aliphatic hydroxyl groups excluding tert-OH is 1. The van der Waals surface area contributed by atoms with Crippen molar-refractivity contribution in [3.8, 4) is 11.8 Å². The molecule has 0 aliphatic heterocycles. The van der Waals surface area contributed by atoms with Gasteiger partial charge in [0.05, 0.1) is 17.7 Å². The Kier molecular flexibility index (Phi) is 4.26. The summed E-state index contributed by atoms with van der Waals surface area (Å²) in [6.07, 6.45) is 0.205. The highest BCUT2D eigenvalue weighted by Gasteiger charge is 2.11. The van der Waals surface area contributed by atoms with E-state index in [2.05, 4.69) is 11.8 Å². The number of aliphatic hydroxyl groups is 1. The number of carboxylic acids is 2. The molecule has 5 heteroatoms. The smallest absolute Gasteiger partial charge is 0.336 e. The predicted molar refractivity (Wildman–Crippen MR) is 58.9 cm³/mol. The van der Waals surface area contributed by atoms with Crippen molar-refractivity contribution in [3.05, 3.63) is 34.9 Å². The fraction of sp³-hybridized carbons (Fsp3) is 0.167. The van der Waals surface area contributed by atoms with Gasteiger partial charge < -0.3 is 15.3 Å². The Morgan fingerprint density at radius 2 is 1.88 bits per heavy atom. The Bertz CT molecular complexity index is 507. The summed E-state index contributed by atoms with van der Waals surface area (Å²) in [4.78, 5) is 21.6. The normalized spacial score (nSPS) is 9.24. The van der Waals surface area contributed by atoms with Crippen LogP contribution in [0.3, 0.4) is 0 Å². The van der Waals surface area contributed by atoms with E-state index in [-0.39, 0.29) is 29.7 Å². The summed E-state index contributed by atoms with van der Waals surface area (Å²) in [6, 6.07) is 3.62. The molecular formula is C12H10O5. The molecule has 0 amide bonds. The van der Waals surface area contributed by atoms with Gasteiger partial charge in [-0.1, -0.05) is 11.8 Å². The molecule has 5 nitrogen and oxygen atoms in total. The van der Waals surface area contributed by atoms with E-state index in [9.17, 15) is 9.59 Å². The molecule has 17 heavy (non-hydrogen) atoms. The molecule has 88 valence electrons. The lowest BCUT2D eigenvalue weighted by atomic mass is 10.0. The van der Waals surface area contributed by atoms with E-state index in [1.807, 2.05) is 0 Å². The predicted octanol–water partition coefficient (Wildman–Crippen LogP) is 0.817. The van der Waals surface area contributed by atoms with Gasteiger partial charge in [0.2, 0.25) is 0 Å². The molecule has 0 fully saturated rings. The second kappa shape index (κ2) is 5.68. The molecule has 3 N–H and O–H groups in total. The van der Waals surface area contributed by atoms with Crippen LogP contribution in [0.1, 0.15) is 32.7 Å². The van der Waals surface area contributed by atoms with Crippen molar-refractivity contribution in [2.45, 2.75) is 6.42 Å². The van der Waals surface area contributed by atoms with Crippen molar-refractivity contribution in [1.82, 2.24) is 0 Å². The molecule has 0 bridgehead atoms. The highest BCUT2D eigenvalue weighted by Crippen LogP contribution is 2.11. The number of hydrogen-bond donors (Lipinski definition) is 3. The first-order chi connectivity index (χ1) is 8.06. The summed E-state index contributed by atoms with van der Waals surface area (Å²) in [7, 11) is 0. The molecule has 0 aromatic heterocycles. The number of hydrogen-bond acceptors (Lipinski definition) is 3. The largest absolute Gasteiger partial charge is 0.478 e. The molecule has 1 rings (SSSR count). The zero-order valence-corrected chi connectivity index (χ0v) is 8.80. The van der Waals surface area contributed by atoms with E-state index in [1.54, 1.807) is 0 Å². The Morgan fingerprint density at radius 1 is 1.18 bits per heavy atom. The van der Waals surface area contributed by atoms with Gasteiger partial charge in [0.25, 0.3) is 0 Å². The molecular weight excluding hydrogens is 224 g/mol. The molecule has 0 atom stereocenters. The lowest BCUT2D eigenvalue weighted by Crippen LogP contribution is -2.03. The van der Waals surface area contributed by atoms with Crippen LogP contribution < -0.4 is 0 Å². The fourth-order valence-electron chi connectivity index (χ4n) is 1.18. The van der Waals surface area contributed by atoms with E-state index < -0.39 is 11.9 Å². The van der Waals surface area contributed by atoms with Gasteiger partial charge in [-0.2, -0.15) is 0 Å². The number of aromatic carboxylic acids is 2. The SMILES string of the molecule is O=C(O)c1ccc(C(=O)O)c(C#CCCO)c1. The Balaban J connectivity index is 3.22. The third-order valence-electron chi connectivity index (χ3n) is 1.96. The highest BCUT2D eigenvalue weighted by atomic mass is 16.4. The molecule has 0 saturated carbocycles. The Hall–Kier alpha value is -2.32. The van der Waals surface area contributed by atoms with Crippen molar-refractivity contribution in [2.75, 3.05) is 6.61 Å². The second-order valence-electron chi connectivity index (χ2n) is 3.15. The third-order valence-corrected chi connectivity index (χ3v) is 1.96. The molecule has 0 radical (unpaired) electrons. The van der Waals surface area contributed by atoms with Crippen molar-refractivity contribution < 1.29 is 24.9 Å². The topological polar surface area (TPSA) is 94.8 Å². The van der Waals surface area contributed by atoms with Crippen molar-refractivity contribution in [1.29, 1.82) is 0 Å². The van der Waals surface area contributed by atoms with Gasteiger partial charge in [0.1, 0.15) is 0 Å². The maximum Gasteiger partial charge on any atom is 0.336 e. The zero-order chi connectivity index (χ0) is 12.8. The molecule has 0 spiro atoms. The van der Waals surface area contributed by atoms with Crippen LogP contribution in [0.15, 0.2) is 18.2 Å². The minimum Gasteiger partial charge on any atom is -0.478 e. The van der Waals surface area contributed by atoms with Gasteiger partial charge >= 0.3 is 11.9 Å². The van der Waals surface area contributed by atoms with Gasteiger partial charge in [0, 0.05) is 12.0 Å². The zero-order valence-electron chi connectivity index (χ0n) is 8.80. The van der Waals surface area contributed by atoms with Crippen molar-refractivity contribution >= 4 is 11.9 Å². The fourth-order valence-corrected chi connectivity index (χ4v) is 1.18. The lowest BCUT2D eigenvalue weighted by molar-refractivity contribution is 0.0681. The van der Waals surface area contributed by atoms with Crippen LogP contribution in [0.5, 0.6) is 0 Å². The molecule has 0 aliphatic carbocycles. The maximum absolute atomic E-state index is 10.9. The first-order valence-corrected chi connectivity index (χ1v) is 4.76. The number of rotatable bonds is 3.